The van der Waals surface area contributed by atoms with Crippen molar-refractivity contribution < 1.29 is 14.3 Å². The van der Waals surface area contributed by atoms with Gasteiger partial charge in [-0.1, -0.05) is 28.1 Å². The Hall–Kier alpha value is -1.14. The van der Waals surface area contributed by atoms with E-state index in [0.717, 1.165) is 15.8 Å². The van der Waals surface area contributed by atoms with Crippen LogP contribution in [0.2, 0.25) is 0 Å². The number of nitrogens with one attached hydrogen (secondary N) is 1. The van der Waals surface area contributed by atoms with Crippen LogP contribution in [-0.2, 0) is 4.74 Å². The summed E-state index contributed by atoms with van der Waals surface area (Å²) in [5.41, 5.74) is 1.13. The second-order valence-electron chi connectivity index (χ2n) is 4.29. The number of halogens is 1. The molecule has 0 aliphatic rings. The fourth-order valence-corrected chi connectivity index (χ4v) is 2.20. The standard InChI is InChI=1S/C15H18BrNO3/c16-13-5-3-12(4-6-13)15(14-2-1-9-20-14)17-7-10-19-11-8-18/h1-6,9,15,17-18H,7-8,10-11H2. The highest BCUT2D eigenvalue weighted by molar-refractivity contribution is 9.10. The van der Waals surface area contributed by atoms with Gasteiger partial charge in [-0.25, -0.2) is 0 Å². The van der Waals surface area contributed by atoms with E-state index in [0.29, 0.717) is 19.8 Å². The summed E-state index contributed by atoms with van der Waals surface area (Å²) in [5, 5.41) is 12.1. The van der Waals surface area contributed by atoms with Crippen LogP contribution in [0.15, 0.2) is 51.6 Å². The number of aliphatic hydroxyl groups excluding tert-OH is 1. The van der Waals surface area contributed by atoms with Gasteiger partial charge >= 0.3 is 0 Å². The molecule has 0 saturated heterocycles. The van der Waals surface area contributed by atoms with Gasteiger partial charge in [0.25, 0.3) is 0 Å². The second-order valence-corrected chi connectivity index (χ2v) is 5.21. The first-order valence-corrected chi connectivity index (χ1v) is 7.31. The van der Waals surface area contributed by atoms with Crippen LogP contribution in [0.1, 0.15) is 17.4 Å². The van der Waals surface area contributed by atoms with Crippen LogP contribution < -0.4 is 5.32 Å². The fourth-order valence-electron chi connectivity index (χ4n) is 1.94. The highest BCUT2D eigenvalue weighted by Crippen LogP contribution is 2.23. The normalized spacial score (nSPS) is 12.5. The van der Waals surface area contributed by atoms with E-state index in [2.05, 4.69) is 33.4 Å². The summed E-state index contributed by atoms with van der Waals surface area (Å²) in [5.74, 6) is 0.870. The van der Waals surface area contributed by atoms with E-state index in [1.807, 2.05) is 24.3 Å². The number of rotatable bonds is 8. The molecule has 4 nitrogen and oxygen atoms in total. The van der Waals surface area contributed by atoms with E-state index >= 15 is 0 Å². The largest absolute Gasteiger partial charge is 0.467 e. The zero-order valence-corrected chi connectivity index (χ0v) is 12.7. The van der Waals surface area contributed by atoms with Crippen LogP contribution >= 0.6 is 15.9 Å². The molecule has 1 aromatic heterocycles. The number of furan rings is 1. The third kappa shape index (κ3) is 4.45. The van der Waals surface area contributed by atoms with E-state index in [4.69, 9.17) is 14.3 Å². The number of hydrogen-bond donors (Lipinski definition) is 2. The zero-order valence-electron chi connectivity index (χ0n) is 11.1. The minimum Gasteiger partial charge on any atom is -0.467 e. The molecule has 0 spiro atoms. The van der Waals surface area contributed by atoms with Crippen molar-refractivity contribution in [3.63, 3.8) is 0 Å². The highest BCUT2D eigenvalue weighted by Gasteiger charge is 2.15. The Balaban J connectivity index is 2.00. The summed E-state index contributed by atoms with van der Waals surface area (Å²) in [6, 6.07) is 12.0. The number of hydrogen-bond acceptors (Lipinski definition) is 4. The minimum atomic E-state index is -0.00386. The van der Waals surface area contributed by atoms with Crippen LogP contribution in [0.25, 0.3) is 0 Å². The average molecular weight is 340 g/mol. The van der Waals surface area contributed by atoms with Gasteiger partial charge < -0.3 is 19.6 Å². The SMILES string of the molecule is OCCOCCNC(c1ccc(Br)cc1)c1ccco1. The molecular formula is C15H18BrNO3. The van der Waals surface area contributed by atoms with Crippen molar-refractivity contribution in [3.8, 4) is 0 Å². The lowest BCUT2D eigenvalue weighted by Gasteiger charge is -2.17. The third-order valence-corrected chi connectivity index (χ3v) is 3.39. The lowest BCUT2D eigenvalue weighted by molar-refractivity contribution is 0.0928. The number of aliphatic hydroxyl groups is 1. The van der Waals surface area contributed by atoms with E-state index < -0.39 is 0 Å². The zero-order chi connectivity index (χ0) is 14.2. The van der Waals surface area contributed by atoms with Crippen LogP contribution in [0.4, 0.5) is 0 Å². The monoisotopic (exact) mass is 339 g/mol. The Morgan fingerprint density at radius 2 is 2.00 bits per heavy atom. The molecule has 1 unspecified atom stereocenters. The molecule has 0 radical (unpaired) electrons. The highest BCUT2D eigenvalue weighted by atomic mass is 79.9. The quantitative estimate of drug-likeness (QED) is 0.726. The van der Waals surface area contributed by atoms with E-state index in [-0.39, 0.29) is 12.6 Å². The second kappa shape index (κ2) is 8.21. The summed E-state index contributed by atoms with van der Waals surface area (Å²) in [6.45, 7) is 1.65. The molecule has 0 bridgehead atoms. The van der Waals surface area contributed by atoms with E-state index in [1.54, 1.807) is 6.26 Å². The summed E-state index contributed by atoms with van der Waals surface area (Å²) in [7, 11) is 0. The van der Waals surface area contributed by atoms with Gasteiger partial charge in [-0.15, -0.1) is 0 Å². The summed E-state index contributed by atoms with van der Waals surface area (Å²) in [6.07, 6.45) is 1.67. The van der Waals surface area contributed by atoms with Gasteiger partial charge in [0.15, 0.2) is 0 Å². The Morgan fingerprint density at radius 3 is 2.65 bits per heavy atom. The third-order valence-electron chi connectivity index (χ3n) is 2.86. The van der Waals surface area contributed by atoms with Gasteiger partial charge in [0.1, 0.15) is 5.76 Å². The lowest BCUT2D eigenvalue weighted by Crippen LogP contribution is -2.26. The van der Waals surface area contributed by atoms with Crippen molar-refractivity contribution in [1.29, 1.82) is 0 Å². The van der Waals surface area contributed by atoms with Crippen LogP contribution in [0.3, 0.4) is 0 Å². The first-order chi connectivity index (χ1) is 9.81. The van der Waals surface area contributed by atoms with Gasteiger partial charge in [-0.05, 0) is 29.8 Å². The van der Waals surface area contributed by atoms with Crippen molar-refractivity contribution >= 4 is 15.9 Å². The topological polar surface area (TPSA) is 54.6 Å². The molecule has 2 rings (SSSR count). The molecular weight excluding hydrogens is 322 g/mol. The molecule has 5 heteroatoms. The maximum absolute atomic E-state index is 8.66. The van der Waals surface area contributed by atoms with Crippen molar-refractivity contribution in [1.82, 2.24) is 5.32 Å². The molecule has 2 N–H and O–H groups in total. The van der Waals surface area contributed by atoms with Crippen LogP contribution in [0, 0.1) is 0 Å². The van der Waals surface area contributed by atoms with Crippen molar-refractivity contribution in [2.24, 2.45) is 0 Å². The summed E-state index contributed by atoms with van der Waals surface area (Å²) < 4.78 is 11.8. The molecule has 1 heterocycles. The van der Waals surface area contributed by atoms with E-state index in [9.17, 15) is 0 Å². The number of ether oxygens (including phenoxy) is 1. The van der Waals surface area contributed by atoms with Gasteiger partial charge in [0.2, 0.25) is 0 Å². The maximum Gasteiger partial charge on any atom is 0.125 e. The Kier molecular flexibility index (Phi) is 6.26. The molecule has 1 aromatic carbocycles. The molecule has 0 amide bonds. The molecule has 20 heavy (non-hydrogen) atoms. The van der Waals surface area contributed by atoms with Crippen molar-refractivity contribution in [2.45, 2.75) is 6.04 Å². The Labute approximate surface area is 126 Å². The first-order valence-electron chi connectivity index (χ1n) is 6.52. The summed E-state index contributed by atoms with van der Waals surface area (Å²) in [4.78, 5) is 0. The van der Waals surface area contributed by atoms with Gasteiger partial charge in [0.05, 0.1) is 32.1 Å². The van der Waals surface area contributed by atoms with E-state index in [1.165, 1.54) is 0 Å². The van der Waals surface area contributed by atoms with Crippen molar-refractivity contribution in [2.75, 3.05) is 26.4 Å². The molecule has 2 aromatic rings. The summed E-state index contributed by atoms with van der Waals surface area (Å²) >= 11 is 3.44. The molecule has 108 valence electrons. The number of benzene rings is 1. The van der Waals surface area contributed by atoms with Crippen LogP contribution in [0.5, 0.6) is 0 Å². The maximum atomic E-state index is 8.66. The predicted molar refractivity (Wildman–Crippen MR) is 80.6 cm³/mol. The predicted octanol–water partition coefficient (Wildman–Crippen LogP) is 2.73. The molecule has 0 saturated carbocycles. The molecule has 0 aliphatic heterocycles. The average Bonchev–Trinajstić information content (AvgIpc) is 2.98. The molecule has 1 atom stereocenters. The van der Waals surface area contributed by atoms with Gasteiger partial charge in [-0.2, -0.15) is 0 Å². The first kappa shape index (κ1) is 15.3. The molecule has 0 fully saturated rings. The fraction of sp³-hybridized carbons (Fsp3) is 0.333. The lowest BCUT2D eigenvalue weighted by atomic mass is 10.0. The smallest absolute Gasteiger partial charge is 0.125 e. The van der Waals surface area contributed by atoms with Gasteiger partial charge in [-0.3, -0.25) is 0 Å². The van der Waals surface area contributed by atoms with Crippen LogP contribution in [-0.4, -0.2) is 31.5 Å². The Bertz CT molecular complexity index is 484. The van der Waals surface area contributed by atoms with Gasteiger partial charge in [0, 0.05) is 11.0 Å². The molecule has 0 aliphatic carbocycles. The van der Waals surface area contributed by atoms with Crippen molar-refractivity contribution in [3.05, 3.63) is 58.5 Å². The minimum absolute atomic E-state index is 0.00386. The Morgan fingerprint density at radius 1 is 1.20 bits per heavy atom.